The molecule has 0 atom stereocenters. The summed E-state index contributed by atoms with van der Waals surface area (Å²) in [4.78, 5) is 9.22. The van der Waals surface area contributed by atoms with Gasteiger partial charge in [-0.3, -0.25) is 10.1 Å². The van der Waals surface area contributed by atoms with Crippen molar-refractivity contribution in [2.45, 2.75) is 4.90 Å². The second kappa shape index (κ2) is 3.69. The molecule has 0 fully saturated rings. The summed E-state index contributed by atoms with van der Waals surface area (Å²) in [6.07, 6.45) is 1.52. The normalized spacial score (nSPS) is 10.1. The smallest absolute Gasteiger partial charge is 0.258 e. The van der Waals surface area contributed by atoms with E-state index in [9.17, 15) is 18.9 Å². The zero-order chi connectivity index (χ0) is 10.0. The van der Waals surface area contributed by atoms with Crippen LogP contribution < -0.4 is 0 Å². The highest BCUT2D eigenvalue weighted by Gasteiger charge is 2.19. The molecule has 1 aromatic carbocycles. The van der Waals surface area contributed by atoms with Crippen LogP contribution in [0.1, 0.15) is 0 Å². The minimum absolute atomic E-state index is 0.0632. The first-order valence-electron chi connectivity index (χ1n) is 3.23. The highest BCUT2D eigenvalue weighted by molar-refractivity contribution is 7.98. The van der Waals surface area contributed by atoms with E-state index < -0.39 is 22.2 Å². The van der Waals surface area contributed by atoms with E-state index in [2.05, 4.69) is 0 Å². The van der Waals surface area contributed by atoms with Crippen LogP contribution in [-0.2, 0) is 0 Å². The lowest BCUT2D eigenvalue weighted by Gasteiger charge is -1.99. The maximum atomic E-state index is 13.1. The van der Waals surface area contributed by atoms with Gasteiger partial charge in [0, 0.05) is 0 Å². The summed E-state index contributed by atoms with van der Waals surface area (Å²) in [6.45, 7) is 0. The molecule has 0 saturated carbocycles. The van der Waals surface area contributed by atoms with Gasteiger partial charge in [-0.1, -0.05) is 0 Å². The van der Waals surface area contributed by atoms with Crippen LogP contribution in [0.25, 0.3) is 0 Å². The van der Waals surface area contributed by atoms with Gasteiger partial charge in [0.15, 0.2) is 0 Å². The molecule has 0 aliphatic rings. The minimum atomic E-state index is -0.987. The predicted molar refractivity (Wildman–Crippen MR) is 44.8 cm³/mol. The topological polar surface area (TPSA) is 43.1 Å². The van der Waals surface area contributed by atoms with Crippen molar-refractivity contribution >= 4 is 17.4 Å². The fourth-order valence-corrected chi connectivity index (χ4v) is 1.35. The first kappa shape index (κ1) is 9.91. The van der Waals surface area contributed by atoms with Crippen molar-refractivity contribution in [2.24, 2.45) is 0 Å². The first-order chi connectivity index (χ1) is 6.06. The van der Waals surface area contributed by atoms with Crippen molar-refractivity contribution in [3.05, 3.63) is 33.9 Å². The minimum Gasteiger partial charge on any atom is -0.258 e. The van der Waals surface area contributed by atoms with Gasteiger partial charge in [0.05, 0.1) is 15.9 Å². The third-order valence-corrected chi connectivity index (χ3v) is 2.14. The average molecular weight is 205 g/mol. The molecular formula is C7H5F2NO2S. The molecule has 13 heavy (non-hydrogen) atoms. The van der Waals surface area contributed by atoms with Gasteiger partial charge in [-0.15, -0.1) is 11.8 Å². The molecule has 0 heterocycles. The molecule has 1 rings (SSSR count). The Morgan fingerprint density at radius 1 is 1.46 bits per heavy atom. The fourth-order valence-electron chi connectivity index (χ4n) is 0.832. The van der Waals surface area contributed by atoms with E-state index in [4.69, 9.17) is 0 Å². The predicted octanol–water partition coefficient (Wildman–Crippen LogP) is 2.59. The molecule has 1 aromatic rings. The number of hydrogen-bond donors (Lipinski definition) is 0. The van der Waals surface area contributed by atoms with E-state index in [1.54, 1.807) is 0 Å². The van der Waals surface area contributed by atoms with Crippen LogP contribution in [0.3, 0.4) is 0 Å². The van der Waals surface area contributed by atoms with Crippen molar-refractivity contribution in [2.75, 3.05) is 6.26 Å². The maximum Gasteiger partial charge on any atom is 0.308 e. The summed E-state index contributed by atoms with van der Waals surface area (Å²) in [7, 11) is 0. The van der Waals surface area contributed by atoms with Gasteiger partial charge < -0.3 is 0 Å². The Labute approximate surface area is 76.9 Å². The van der Waals surface area contributed by atoms with Crippen molar-refractivity contribution in [3.63, 3.8) is 0 Å². The van der Waals surface area contributed by atoms with E-state index in [-0.39, 0.29) is 4.90 Å². The number of nitrogens with zero attached hydrogens (tertiary/aromatic N) is 1. The molecule has 0 amide bonds. The highest BCUT2D eigenvalue weighted by atomic mass is 32.2. The number of hydrogen-bond acceptors (Lipinski definition) is 3. The van der Waals surface area contributed by atoms with Crippen molar-refractivity contribution in [1.82, 2.24) is 0 Å². The molecule has 0 aliphatic carbocycles. The van der Waals surface area contributed by atoms with E-state index in [1.807, 2.05) is 0 Å². The van der Waals surface area contributed by atoms with E-state index in [0.717, 1.165) is 17.8 Å². The number of rotatable bonds is 2. The van der Waals surface area contributed by atoms with Gasteiger partial charge in [-0.2, -0.15) is 4.39 Å². The molecule has 0 N–H and O–H groups in total. The number of thioether (sulfide) groups is 1. The fraction of sp³-hybridized carbons (Fsp3) is 0.143. The summed E-state index contributed by atoms with van der Waals surface area (Å²) >= 11 is 0.922. The summed E-state index contributed by atoms with van der Waals surface area (Å²) in [5, 5.41) is 10.2. The Hall–Kier alpha value is -1.17. The van der Waals surface area contributed by atoms with Crippen LogP contribution >= 0.6 is 11.8 Å². The molecule has 0 radical (unpaired) electrons. The van der Waals surface area contributed by atoms with Gasteiger partial charge >= 0.3 is 5.69 Å². The second-order valence-electron chi connectivity index (χ2n) is 2.20. The van der Waals surface area contributed by atoms with Crippen LogP contribution in [0, 0.1) is 21.7 Å². The number of halogens is 2. The molecule has 0 aromatic heterocycles. The highest BCUT2D eigenvalue weighted by Crippen LogP contribution is 2.27. The Bertz CT molecular complexity index is 357. The first-order valence-corrected chi connectivity index (χ1v) is 4.46. The lowest BCUT2D eigenvalue weighted by molar-refractivity contribution is -0.388. The van der Waals surface area contributed by atoms with E-state index in [1.165, 1.54) is 6.26 Å². The largest absolute Gasteiger partial charge is 0.308 e. The molecule has 6 heteroatoms. The molecule has 0 unspecified atom stereocenters. The summed E-state index contributed by atoms with van der Waals surface area (Å²) in [5.41, 5.74) is -0.829. The monoisotopic (exact) mass is 205 g/mol. The molecule has 0 spiro atoms. The number of benzene rings is 1. The third kappa shape index (κ3) is 1.95. The Morgan fingerprint density at radius 3 is 2.54 bits per heavy atom. The van der Waals surface area contributed by atoms with E-state index >= 15 is 0 Å². The standard InChI is InChI=1S/C7H5F2NO2S/c1-13-6-3-4(8)2-5(7(6)9)10(11)12/h2-3H,1H3. The van der Waals surface area contributed by atoms with Gasteiger partial charge in [-0.25, -0.2) is 4.39 Å². The quantitative estimate of drug-likeness (QED) is 0.423. The summed E-state index contributed by atoms with van der Waals surface area (Å²) in [5.74, 6) is -1.80. The maximum absolute atomic E-state index is 13.1. The number of nitro benzene ring substituents is 1. The Morgan fingerprint density at radius 2 is 2.08 bits per heavy atom. The average Bonchev–Trinajstić information content (AvgIpc) is 2.08. The molecule has 0 aliphatic heterocycles. The van der Waals surface area contributed by atoms with Crippen LogP contribution in [0.4, 0.5) is 14.5 Å². The second-order valence-corrected chi connectivity index (χ2v) is 3.05. The van der Waals surface area contributed by atoms with Gasteiger partial charge in [0.1, 0.15) is 5.82 Å². The zero-order valence-electron chi connectivity index (χ0n) is 6.58. The zero-order valence-corrected chi connectivity index (χ0v) is 7.40. The molecule has 70 valence electrons. The van der Waals surface area contributed by atoms with Crippen LogP contribution in [-0.4, -0.2) is 11.2 Å². The Kier molecular flexibility index (Phi) is 2.82. The third-order valence-electron chi connectivity index (χ3n) is 1.40. The van der Waals surface area contributed by atoms with Crippen LogP contribution in [0.2, 0.25) is 0 Å². The van der Waals surface area contributed by atoms with Crippen LogP contribution in [0.15, 0.2) is 17.0 Å². The van der Waals surface area contributed by atoms with Crippen molar-refractivity contribution in [1.29, 1.82) is 0 Å². The number of nitro groups is 1. The van der Waals surface area contributed by atoms with E-state index in [0.29, 0.717) is 6.07 Å². The lowest BCUT2D eigenvalue weighted by Crippen LogP contribution is -1.95. The summed E-state index contributed by atoms with van der Waals surface area (Å²) in [6, 6.07) is 1.49. The molecule has 3 nitrogen and oxygen atoms in total. The van der Waals surface area contributed by atoms with Gasteiger partial charge in [0.25, 0.3) is 0 Å². The molecule has 0 saturated heterocycles. The van der Waals surface area contributed by atoms with Crippen LogP contribution in [0.5, 0.6) is 0 Å². The Balaban J connectivity index is 3.35. The lowest BCUT2D eigenvalue weighted by atomic mass is 10.3. The summed E-state index contributed by atoms with van der Waals surface area (Å²) < 4.78 is 25.7. The van der Waals surface area contributed by atoms with Crippen molar-refractivity contribution in [3.8, 4) is 0 Å². The van der Waals surface area contributed by atoms with Gasteiger partial charge in [0.2, 0.25) is 5.82 Å². The van der Waals surface area contributed by atoms with Crippen molar-refractivity contribution < 1.29 is 13.7 Å². The van der Waals surface area contributed by atoms with Gasteiger partial charge in [-0.05, 0) is 12.3 Å². The SMILES string of the molecule is CSc1cc(F)cc([N+](=O)[O-])c1F. The molecular weight excluding hydrogens is 200 g/mol. The molecule has 0 bridgehead atoms.